The molecule has 0 atom stereocenters. The minimum atomic E-state index is -0.0758. The molecule has 0 aliphatic carbocycles. The number of rotatable bonds is 2. The molecular formula is C15H10BrClO2. The van der Waals surface area contributed by atoms with Gasteiger partial charge in [0.1, 0.15) is 5.75 Å². The second-order valence-corrected chi connectivity index (χ2v) is 5.64. The van der Waals surface area contributed by atoms with E-state index in [2.05, 4.69) is 15.9 Å². The van der Waals surface area contributed by atoms with Crippen molar-refractivity contribution in [3.05, 3.63) is 62.6 Å². The summed E-state index contributed by atoms with van der Waals surface area (Å²) in [7, 11) is 0. The van der Waals surface area contributed by atoms with Crippen LogP contribution < -0.4 is 4.74 Å². The minimum Gasteiger partial charge on any atom is -0.492 e. The monoisotopic (exact) mass is 336 g/mol. The zero-order valence-corrected chi connectivity index (χ0v) is 12.3. The Bertz CT molecular complexity index is 667. The van der Waals surface area contributed by atoms with E-state index in [0.717, 1.165) is 16.5 Å². The van der Waals surface area contributed by atoms with E-state index in [-0.39, 0.29) is 5.78 Å². The molecule has 4 heteroatoms. The molecule has 1 aliphatic rings. The van der Waals surface area contributed by atoms with Crippen molar-refractivity contribution in [2.75, 3.05) is 6.61 Å². The van der Waals surface area contributed by atoms with Crippen molar-refractivity contribution in [2.45, 2.75) is 6.42 Å². The molecule has 0 amide bonds. The maximum absolute atomic E-state index is 12.6. The number of fused-ring (bicyclic) bond motifs is 1. The number of halogens is 2. The van der Waals surface area contributed by atoms with Crippen molar-refractivity contribution in [3.63, 3.8) is 0 Å². The molecule has 2 nitrogen and oxygen atoms in total. The molecule has 0 unspecified atom stereocenters. The van der Waals surface area contributed by atoms with Gasteiger partial charge in [0.25, 0.3) is 0 Å². The number of carbonyl (C=O) groups is 1. The Morgan fingerprint density at radius 2 is 2.00 bits per heavy atom. The average molecular weight is 338 g/mol. The molecule has 2 aromatic rings. The summed E-state index contributed by atoms with van der Waals surface area (Å²) in [5.41, 5.74) is 2.15. The molecule has 0 spiro atoms. The van der Waals surface area contributed by atoms with Gasteiger partial charge in [0.15, 0.2) is 5.78 Å². The van der Waals surface area contributed by atoms with E-state index in [1.54, 1.807) is 12.1 Å². The molecule has 1 heterocycles. The van der Waals surface area contributed by atoms with E-state index in [9.17, 15) is 4.79 Å². The van der Waals surface area contributed by atoms with Crippen LogP contribution in [0.1, 0.15) is 21.5 Å². The number of hydrogen-bond donors (Lipinski definition) is 0. The molecule has 0 saturated heterocycles. The number of carbonyl (C=O) groups excluding carboxylic acids is 1. The van der Waals surface area contributed by atoms with Crippen molar-refractivity contribution in [1.29, 1.82) is 0 Å². The summed E-state index contributed by atoms with van der Waals surface area (Å²) in [4.78, 5) is 12.6. The largest absolute Gasteiger partial charge is 0.492 e. The van der Waals surface area contributed by atoms with Gasteiger partial charge in [0.05, 0.1) is 12.2 Å². The first-order valence-corrected chi connectivity index (χ1v) is 7.08. The molecule has 96 valence electrons. The third-order valence-electron chi connectivity index (χ3n) is 3.11. The fraction of sp³-hybridized carbons (Fsp3) is 0.133. The maximum Gasteiger partial charge on any atom is 0.197 e. The highest BCUT2D eigenvalue weighted by atomic mass is 79.9. The zero-order valence-electron chi connectivity index (χ0n) is 9.95. The fourth-order valence-electron chi connectivity index (χ4n) is 2.23. The topological polar surface area (TPSA) is 26.3 Å². The van der Waals surface area contributed by atoms with Crippen LogP contribution in [0.4, 0.5) is 0 Å². The quantitative estimate of drug-likeness (QED) is 0.765. The van der Waals surface area contributed by atoms with Gasteiger partial charge in [-0.05, 0) is 29.8 Å². The minimum absolute atomic E-state index is 0.0758. The lowest BCUT2D eigenvalue weighted by Gasteiger charge is -2.09. The van der Waals surface area contributed by atoms with E-state index < -0.39 is 0 Å². The van der Waals surface area contributed by atoms with Gasteiger partial charge in [0, 0.05) is 21.5 Å². The van der Waals surface area contributed by atoms with E-state index >= 15 is 0 Å². The molecule has 0 radical (unpaired) electrons. The Morgan fingerprint density at radius 1 is 1.21 bits per heavy atom. The van der Waals surface area contributed by atoms with Crippen LogP contribution in [0.3, 0.4) is 0 Å². The van der Waals surface area contributed by atoms with Gasteiger partial charge in [-0.2, -0.15) is 0 Å². The van der Waals surface area contributed by atoms with Crippen LogP contribution in [0, 0.1) is 0 Å². The van der Waals surface area contributed by atoms with Crippen LogP contribution >= 0.6 is 27.5 Å². The summed E-state index contributed by atoms with van der Waals surface area (Å²) in [6, 6.07) is 10.9. The van der Waals surface area contributed by atoms with Crippen molar-refractivity contribution < 1.29 is 9.53 Å². The fourth-order valence-corrected chi connectivity index (χ4v) is 2.93. The smallest absolute Gasteiger partial charge is 0.197 e. The van der Waals surface area contributed by atoms with Gasteiger partial charge in [0.2, 0.25) is 0 Å². The number of ether oxygens (including phenoxy) is 1. The molecule has 0 fully saturated rings. The van der Waals surface area contributed by atoms with Gasteiger partial charge in [-0.1, -0.05) is 39.7 Å². The van der Waals surface area contributed by atoms with E-state index in [1.807, 2.05) is 24.3 Å². The molecular weight excluding hydrogens is 328 g/mol. The SMILES string of the molecule is O=C(c1ccccc1Br)c1cc(Cl)cc2c1OCC2. The first-order valence-electron chi connectivity index (χ1n) is 5.91. The predicted octanol–water partition coefficient (Wildman–Crippen LogP) is 4.27. The summed E-state index contributed by atoms with van der Waals surface area (Å²) in [5, 5.41) is 0.569. The second kappa shape index (κ2) is 4.99. The van der Waals surface area contributed by atoms with Crippen molar-refractivity contribution in [3.8, 4) is 5.75 Å². The Kier molecular flexibility index (Phi) is 3.33. The third-order valence-corrected chi connectivity index (χ3v) is 4.02. The third kappa shape index (κ3) is 2.28. The predicted molar refractivity (Wildman–Crippen MR) is 78.2 cm³/mol. The van der Waals surface area contributed by atoms with E-state index in [0.29, 0.717) is 28.5 Å². The normalized spacial score (nSPS) is 12.9. The van der Waals surface area contributed by atoms with Crippen LogP contribution in [0.5, 0.6) is 5.75 Å². The molecule has 0 saturated carbocycles. The lowest BCUT2D eigenvalue weighted by atomic mass is 10.00. The van der Waals surface area contributed by atoms with Gasteiger partial charge in [-0.3, -0.25) is 4.79 Å². The van der Waals surface area contributed by atoms with Crippen molar-refractivity contribution in [1.82, 2.24) is 0 Å². The van der Waals surface area contributed by atoms with Gasteiger partial charge >= 0.3 is 0 Å². The number of ketones is 1. The van der Waals surface area contributed by atoms with Crippen molar-refractivity contribution in [2.24, 2.45) is 0 Å². The van der Waals surface area contributed by atoms with Crippen LogP contribution in [0.2, 0.25) is 5.02 Å². The molecule has 0 bridgehead atoms. The maximum atomic E-state index is 12.6. The Morgan fingerprint density at radius 3 is 2.79 bits per heavy atom. The summed E-state index contributed by atoms with van der Waals surface area (Å²) in [6.45, 7) is 0.603. The number of hydrogen-bond acceptors (Lipinski definition) is 2. The number of benzene rings is 2. The van der Waals surface area contributed by atoms with Crippen LogP contribution in [0.25, 0.3) is 0 Å². The lowest BCUT2D eigenvalue weighted by molar-refractivity contribution is 0.103. The first-order chi connectivity index (χ1) is 9.16. The molecule has 1 aliphatic heterocycles. The molecule has 19 heavy (non-hydrogen) atoms. The lowest BCUT2D eigenvalue weighted by Crippen LogP contribution is -2.04. The Labute approximate surface area is 124 Å². The standard InChI is InChI=1S/C15H10BrClO2/c16-13-4-2-1-3-11(13)14(18)12-8-10(17)7-9-5-6-19-15(9)12/h1-4,7-8H,5-6H2. The molecule has 0 aromatic heterocycles. The summed E-state index contributed by atoms with van der Waals surface area (Å²) in [5.74, 6) is 0.596. The summed E-state index contributed by atoms with van der Waals surface area (Å²) in [6.07, 6.45) is 0.798. The van der Waals surface area contributed by atoms with Crippen LogP contribution in [0.15, 0.2) is 40.9 Å². The summed E-state index contributed by atoms with van der Waals surface area (Å²) >= 11 is 9.48. The highest BCUT2D eigenvalue weighted by Gasteiger charge is 2.23. The zero-order chi connectivity index (χ0) is 13.4. The average Bonchev–Trinajstić information content (AvgIpc) is 2.85. The van der Waals surface area contributed by atoms with Crippen LogP contribution in [-0.2, 0) is 6.42 Å². The van der Waals surface area contributed by atoms with E-state index in [1.165, 1.54) is 0 Å². The Hall–Kier alpha value is -1.32. The second-order valence-electron chi connectivity index (χ2n) is 4.35. The van der Waals surface area contributed by atoms with E-state index in [4.69, 9.17) is 16.3 Å². The van der Waals surface area contributed by atoms with Gasteiger partial charge < -0.3 is 4.74 Å². The Balaban J connectivity index is 2.13. The highest BCUT2D eigenvalue weighted by molar-refractivity contribution is 9.10. The molecule has 0 N–H and O–H groups in total. The van der Waals surface area contributed by atoms with Gasteiger partial charge in [-0.15, -0.1) is 0 Å². The molecule has 3 rings (SSSR count). The highest BCUT2D eigenvalue weighted by Crippen LogP contribution is 2.35. The first kappa shape index (κ1) is 12.7. The summed E-state index contributed by atoms with van der Waals surface area (Å²) < 4.78 is 6.34. The van der Waals surface area contributed by atoms with Gasteiger partial charge in [-0.25, -0.2) is 0 Å². The van der Waals surface area contributed by atoms with Crippen molar-refractivity contribution >= 4 is 33.3 Å². The van der Waals surface area contributed by atoms with Crippen LogP contribution in [-0.4, -0.2) is 12.4 Å². The molecule has 2 aromatic carbocycles.